The molecule has 0 saturated heterocycles. The summed E-state index contributed by atoms with van der Waals surface area (Å²) in [7, 11) is -2.32. The Hall–Kier alpha value is -2.99. The van der Waals surface area contributed by atoms with Gasteiger partial charge in [-0.15, -0.1) is 0 Å². The summed E-state index contributed by atoms with van der Waals surface area (Å²) in [6.07, 6.45) is 0. The van der Waals surface area contributed by atoms with E-state index in [0.29, 0.717) is 22.9 Å². The fourth-order valence-corrected chi connectivity index (χ4v) is 3.73. The van der Waals surface area contributed by atoms with Gasteiger partial charge in [0.2, 0.25) is 0 Å². The standard InChI is InChI=1S/C20H19NO4S/c1-15-8-13-19(24-2)20(14-15)26(22,23)21-16-9-11-18(12-10-16)25-17-6-4-3-5-7-17/h3-14,21H,1-2H3. The van der Waals surface area contributed by atoms with Gasteiger partial charge in [-0.05, 0) is 61.0 Å². The fraction of sp³-hybridized carbons (Fsp3) is 0.100. The van der Waals surface area contributed by atoms with Gasteiger partial charge in [-0.3, -0.25) is 4.72 Å². The van der Waals surface area contributed by atoms with Crippen LogP contribution in [0.1, 0.15) is 5.56 Å². The maximum absolute atomic E-state index is 12.7. The van der Waals surface area contributed by atoms with E-state index in [1.54, 1.807) is 42.5 Å². The summed E-state index contributed by atoms with van der Waals surface area (Å²) in [4.78, 5) is 0.101. The van der Waals surface area contributed by atoms with Gasteiger partial charge in [-0.2, -0.15) is 0 Å². The number of benzene rings is 3. The number of hydrogen-bond acceptors (Lipinski definition) is 4. The predicted molar refractivity (Wildman–Crippen MR) is 101 cm³/mol. The quantitative estimate of drug-likeness (QED) is 0.690. The molecular formula is C20H19NO4S. The highest BCUT2D eigenvalue weighted by atomic mass is 32.2. The van der Waals surface area contributed by atoms with Crippen LogP contribution in [0.2, 0.25) is 0 Å². The normalized spacial score (nSPS) is 11.0. The number of nitrogens with one attached hydrogen (secondary N) is 1. The number of hydrogen-bond donors (Lipinski definition) is 1. The second-order valence-corrected chi connectivity index (χ2v) is 7.35. The zero-order valence-corrected chi connectivity index (χ0v) is 15.3. The van der Waals surface area contributed by atoms with Gasteiger partial charge in [0.15, 0.2) is 0 Å². The zero-order chi connectivity index (χ0) is 18.6. The van der Waals surface area contributed by atoms with Gasteiger partial charge in [0, 0.05) is 5.69 Å². The third kappa shape index (κ3) is 4.15. The summed E-state index contributed by atoms with van der Waals surface area (Å²) in [5, 5.41) is 0. The third-order valence-corrected chi connectivity index (χ3v) is 5.10. The minimum absolute atomic E-state index is 0.101. The molecule has 0 spiro atoms. The molecule has 6 heteroatoms. The van der Waals surface area contributed by atoms with E-state index in [-0.39, 0.29) is 4.90 Å². The Kier molecular flexibility index (Phi) is 5.14. The molecule has 0 bridgehead atoms. The second kappa shape index (κ2) is 7.49. The first-order chi connectivity index (χ1) is 12.5. The van der Waals surface area contributed by atoms with Crippen LogP contribution in [0.15, 0.2) is 77.7 Å². The monoisotopic (exact) mass is 369 g/mol. The summed E-state index contributed by atoms with van der Waals surface area (Å²) in [6.45, 7) is 1.83. The van der Waals surface area contributed by atoms with E-state index in [0.717, 1.165) is 5.56 Å². The molecule has 26 heavy (non-hydrogen) atoms. The lowest BCUT2D eigenvalue weighted by Gasteiger charge is -2.13. The first-order valence-corrected chi connectivity index (χ1v) is 9.47. The van der Waals surface area contributed by atoms with Gasteiger partial charge in [0.05, 0.1) is 7.11 Å². The van der Waals surface area contributed by atoms with Crippen LogP contribution in [0.5, 0.6) is 17.2 Å². The van der Waals surface area contributed by atoms with E-state index in [1.165, 1.54) is 7.11 Å². The number of aryl methyl sites for hydroxylation is 1. The molecule has 0 aliphatic rings. The van der Waals surface area contributed by atoms with Crippen LogP contribution in [-0.4, -0.2) is 15.5 Å². The average Bonchev–Trinajstić information content (AvgIpc) is 2.64. The SMILES string of the molecule is COc1ccc(C)cc1S(=O)(=O)Nc1ccc(Oc2ccccc2)cc1. The van der Waals surface area contributed by atoms with Gasteiger partial charge >= 0.3 is 0 Å². The molecule has 0 aromatic heterocycles. The lowest BCUT2D eigenvalue weighted by molar-refractivity contribution is 0.402. The van der Waals surface area contributed by atoms with E-state index >= 15 is 0 Å². The fourth-order valence-electron chi connectivity index (χ4n) is 2.42. The first kappa shape index (κ1) is 17.8. The Labute approximate surface area is 153 Å². The molecule has 3 aromatic rings. The Morgan fingerprint density at radius 1 is 0.846 bits per heavy atom. The Morgan fingerprint density at radius 2 is 1.50 bits per heavy atom. The van der Waals surface area contributed by atoms with Crippen molar-refractivity contribution in [2.24, 2.45) is 0 Å². The largest absolute Gasteiger partial charge is 0.495 e. The molecule has 0 atom stereocenters. The van der Waals surface area contributed by atoms with Crippen molar-refractivity contribution < 1.29 is 17.9 Å². The van der Waals surface area contributed by atoms with Crippen molar-refractivity contribution >= 4 is 15.7 Å². The lowest BCUT2D eigenvalue weighted by atomic mass is 10.2. The molecule has 3 aromatic carbocycles. The molecule has 0 amide bonds. The molecule has 0 aliphatic carbocycles. The second-order valence-electron chi connectivity index (χ2n) is 5.70. The van der Waals surface area contributed by atoms with Crippen LogP contribution in [0.25, 0.3) is 0 Å². The topological polar surface area (TPSA) is 64.6 Å². The molecule has 0 unspecified atom stereocenters. The van der Waals surface area contributed by atoms with Gasteiger partial charge in [0.25, 0.3) is 10.0 Å². The van der Waals surface area contributed by atoms with Crippen LogP contribution in [-0.2, 0) is 10.0 Å². The Bertz CT molecular complexity index is 984. The van der Waals surface area contributed by atoms with Crippen molar-refractivity contribution in [3.8, 4) is 17.2 Å². The van der Waals surface area contributed by atoms with Crippen molar-refractivity contribution in [2.45, 2.75) is 11.8 Å². The number of ether oxygens (including phenoxy) is 2. The highest BCUT2D eigenvalue weighted by molar-refractivity contribution is 7.92. The number of anilines is 1. The number of methoxy groups -OCH3 is 1. The van der Waals surface area contributed by atoms with Gasteiger partial charge in [-0.1, -0.05) is 24.3 Å². The van der Waals surface area contributed by atoms with E-state index in [9.17, 15) is 8.42 Å². The van der Waals surface area contributed by atoms with Crippen molar-refractivity contribution in [1.29, 1.82) is 0 Å². The first-order valence-electron chi connectivity index (χ1n) is 7.98. The predicted octanol–water partition coefficient (Wildman–Crippen LogP) is 4.60. The van der Waals surface area contributed by atoms with Crippen LogP contribution in [0, 0.1) is 6.92 Å². The smallest absolute Gasteiger partial charge is 0.265 e. The molecule has 0 heterocycles. The maximum Gasteiger partial charge on any atom is 0.265 e. The number of rotatable bonds is 6. The molecule has 0 aliphatic heterocycles. The summed E-state index contributed by atoms with van der Waals surface area (Å²) in [5.41, 5.74) is 1.27. The Morgan fingerprint density at radius 3 is 2.15 bits per heavy atom. The van der Waals surface area contributed by atoms with Crippen LogP contribution in [0.4, 0.5) is 5.69 Å². The van der Waals surface area contributed by atoms with E-state index in [1.807, 2.05) is 37.3 Å². The van der Waals surface area contributed by atoms with E-state index in [4.69, 9.17) is 9.47 Å². The van der Waals surface area contributed by atoms with Crippen molar-refractivity contribution in [1.82, 2.24) is 0 Å². The summed E-state index contributed by atoms with van der Waals surface area (Å²) >= 11 is 0. The highest BCUT2D eigenvalue weighted by Crippen LogP contribution is 2.28. The molecular weight excluding hydrogens is 350 g/mol. The van der Waals surface area contributed by atoms with Crippen molar-refractivity contribution in [2.75, 3.05) is 11.8 Å². The van der Waals surface area contributed by atoms with E-state index in [2.05, 4.69) is 4.72 Å². The molecule has 0 radical (unpaired) electrons. The molecule has 3 rings (SSSR count). The van der Waals surface area contributed by atoms with Crippen LogP contribution < -0.4 is 14.2 Å². The van der Waals surface area contributed by atoms with Gasteiger partial charge in [0.1, 0.15) is 22.1 Å². The molecule has 1 N–H and O–H groups in total. The van der Waals surface area contributed by atoms with Crippen molar-refractivity contribution in [3.63, 3.8) is 0 Å². The lowest BCUT2D eigenvalue weighted by Crippen LogP contribution is -2.14. The zero-order valence-electron chi connectivity index (χ0n) is 14.5. The molecule has 0 saturated carbocycles. The average molecular weight is 369 g/mol. The minimum atomic E-state index is -3.77. The summed E-state index contributed by atoms with van der Waals surface area (Å²) in [5.74, 6) is 1.63. The number of para-hydroxylation sites is 1. The highest BCUT2D eigenvalue weighted by Gasteiger charge is 2.19. The van der Waals surface area contributed by atoms with Crippen LogP contribution >= 0.6 is 0 Å². The maximum atomic E-state index is 12.7. The molecule has 134 valence electrons. The van der Waals surface area contributed by atoms with Crippen molar-refractivity contribution in [3.05, 3.63) is 78.4 Å². The van der Waals surface area contributed by atoms with Gasteiger partial charge in [-0.25, -0.2) is 8.42 Å². The minimum Gasteiger partial charge on any atom is -0.495 e. The van der Waals surface area contributed by atoms with Crippen LogP contribution in [0.3, 0.4) is 0 Å². The summed E-state index contributed by atoms with van der Waals surface area (Å²) in [6, 6.07) is 21.1. The Balaban J connectivity index is 1.79. The number of sulfonamides is 1. The van der Waals surface area contributed by atoms with Gasteiger partial charge < -0.3 is 9.47 Å². The molecule has 5 nitrogen and oxygen atoms in total. The van der Waals surface area contributed by atoms with E-state index < -0.39 is 10.0 Å². The third-order valence-electron chi connectivity index (χ3n) is 3.69. The summed E-state index contributed by atoms with van der Waals surface area (Å²) < 4.78 is 38.8. The molecule has 0 fully saturated rings.